The van der Waals surface area contributed by atoms with Gasteiger partial charge in [0.2, 0.25) is 11.8 Å². The molecule has 1 aromatic carbocycles. The first kappa shape index (κ1) is 15.2. The van der Waals surface area contributed by atoms with E-state index >= 15 is 0 Å². The highest BCUT2D eigenvalue weighted by atomic mass is 35.5. The number of carbonyl (C=O) groups is 2. The van der Waals surface area contributed by atoms with Gasteiger partial charge in [-0.15, -0.1) is 0 Å². The summed E-state index contributed by atoms with van der Waals surface area (Å²) in [6.07, 6.45) is 3.89. The molecule has 19 heavy (non-hydrogen) atoms. The van der Waals surface area contributed by atoms with Gasteiger partial charge >= 0.3 is 0 Å². The second-order valence-corrected chi connectivity index (χ2v) is 4.39. The number of nitrogens with one attached hydrogen (secondary N) is 2. The van der Waals surface area contributed by atoms with Gasteiger partial charge < -0.3 is 10.6 Å². The van der Waals surface area contributed by atoms with E-state index in [1.165, 1.54) is 6.08 Å². The molecule has 1 rings (SSSR count). The van der Waals surface area contributed by atoms with Gasteiger partial charge in [-0.3, -0.25) is 9.59 Å². The first-order valence-corrected chi connectivity index (χ1v) is 6.48. The van der Waals surface area contributed by atoms with Crippen LogP contribution in [0.5, 0.6) is 0 Å². The smallest absolute Gasteiger partial charge is 0.244 e. The molecule has 0 fully saturated rings. The Kier molecular flexibility index (Phi) is 6.68. The Labute approximate surface area is 117 Å². The molecule has 2 N–H and O–H groups in total. The van der Waals surface area contributed by atoms with E-state index in [9.17, 15) is 9.59 Å². The first-order chi connectivity index (χ1) is 9.11. The molecule has 0 bridgehead atoms. The van der Waals surface area contributed by atoms with Crippen molar-refractivity contribution < 1.29 is 9.59 Å². The maximum atomic E-state index is 11.5. The Morgan fingerprint density at radius 2 is 2.11 bits per heavy atom. The van der Waals surface area contributed by atoms with Gasteiger partial charge in [0.15, 0.2) is 0 Å². The molecule has 102 valence electrons. The maximum Gasteiger partial charge on any atom is 0.244 e. The van der Waals surface area contributed by atoms with E-state index in [-0.39, 0.29) is 18.4 Å². The Balaban J connectivity index is 2.37. The van der Waals surface area contributed by atoms with Crippen LogP contribution < -0.4 is 10.6 Å². The summed E-state index contributed by atoms with van der Waals surface area (Å²) in [5, 5.41) is 5.79. The predicted molar refractivity (Wildman–Crippen MR) is 76.8 cm³/mol. The molecule has 0 aromatic heterocycles. The molecular formula is C14H17ClN2O2. The number of carbonyl (C=O) groups excluding carboxylic acids is 2. The van der Waals surface area contributed by atoms with E-state index in [0.717, 1.165) is 12.0 Å². The highest BCUT2D eigenvalue weighted by molar-refractivity contribution is 6.30. The Morgan fingerprint density at radius 3 is 2.79 bits per heavy atom. The molecule has 0 aliphatic rings. The van der Waals surface area contributed by atoms with E-state index in [4.69, 9.17) is 11.6 Å². The summed E-state index contributed by atoms with van der Waals surface area (Å²) in [4.78, 5) is 22.7. The average molecular weight is 281 g/mol. The predicted octanol–water partition coefficient (Wildman–Crippen LogP) is 2.00. The van der Waals surface area contributed by atoms with Gasteiger partial charge in [0, 0.05) is 17.6 Å². The fraction of sp³-hybridized carbons (Fsp3) is 0.286. The first-order valence-electron chi connectivity index (χ1n) is 6.10. The van der Waals surface area contributed by atoms with Crippen LogP contribution in [0.1, 0.15) is 18.9 Å². The number of hydrogen-bond acceptors (Lipinski definition) is 2. The lowest BCUT2D eigenvalue weighted by molar-refractivity contribution is -0.123. The Hall–Kier alpha value is -1.81. The minimum Gasteiger partial charge on any atom is -0.355 e. The molecule has 1 aromatic rings. The zero-order chi connectivity index (χ0) is 14.1. The van der Waals surface area contributed by atoms with E-state index in [1.54, 1.807) is 24.3 Å². The molecule has 0 unspecified atom stereocenters. The minimum atomic E-state index is -0.313. The van der Waals surface area contributed by atoms with Crippen LogP contribution in [0.15, 0.2) is 30.3 Å². The van der Waals surface area contributed by atoms with Gasteiger partial charge in [-0.25, -0.2) is 0 Å². The van der Waals surface area contributed by atoms with E-state index in [0.29, 0.717) is 11.6 Å². The number of rotatable bonds is 6. The Bertz CT molecular complexity index is 472. The third kappa shape index (κ3) is 6.62. The standard InChI is InChI=1S/C14H17ClN2O2/c1-2-8-16-14(19)10-17-13(18)7-6-11-4-3-5-12(15)9-11/h3-7,9H,2,8,10H2,1H3,(H,16,19)(H,17,18)/b7-6+. The number of hydrogen-bond donors (Lipinski definition) is 2. The minimum absolute atomic E-state index is 0.0152. The summed E-state index contributed by atoms with van der Waals surface area (Å²) in [7, 11) is 0. The van der Waals surface area contributed by atoms with E-state index < -0.39 is 0 Å². The van der Waals surface area contributed by atoms with Crippen LogP contribution in [0.25, 0.3) is 6.08 Å². The van der Waals surface area contributed by atoms with Crippen molar-refractivity contribution in [1.29, 1.82) is 0 Å². The van der Waals surface area contributed by atoms with Crippen molar-refractivity contribution in [2.24, 2.45) is 0 Å². The average Bonchev–Trinajstić information content (AvgIpc) is 2.40. The maximum absolute atomic E-state index is 11.5. The lowest BCUT2D eigenvalue weighted by Gasteiger charge is -2.03. The van der Waals surface area contributed by atoms with Crippen LogP contribution in [-0.2, 0) is 9.59 Å². The SMILES string of the molecule is CCCNC(=O)CNC(=O)/C=C/c1cccc(Cl)c1. The molecule has 0 aliphatic heterocycles. The second kappa shape index (κ2) is 8.32. The topological polar surface area (TPSA) is 58.2 Å². The molecule has 0 radical (unpaired) electrons. The van der Waals surface area contributed by atoms with Crippen molar-refractivity contribution in [1.82, 2.24) is 10.6 Å². The van der Waals surface area contributed by atoms with E-state index in [1.807, 2.05) is 13.0 Å². The number of benzene rings is 1. The van der Waals surface area contributed by atoms with Gasteiger partial charge in [0.1, 0.15) is 0 Å². The van der Waals surface area contributed by atoms with Gasteiger partial charge in [-0.1, -0.05) is 30.7 Å². The lowest BCUT2D eigenvalue weighted by atomic mass is 10.2. The fourth-order valence-electron chi connectivity index (χ4n) is 1.34. The summed E-state index contributed by atoms with van der Waals surface area (Å²) in [5.41, 5.74) is 0.832. The van der Waals surface area contributed by atoms with Crippen molar-refractivity contribution in [3.63, 3.8) is 0 Å². The molecule has 2 amide bonds. The third-order valence-electron chi connectivity index (χ3n) is 2.27. The van der Waals surface area contributed by atoms with E-state index in [2.05, 4.69) is 10.6 Å². The van der Waals surface area contributed by atoms with Crippen LogP contribution in [0, 0.1) is 0 Å². The van der Waals surface area contributed by atoms with Crippen molar-refractivity contribution in [2.75, 3.05) is 13.1 Å². The van der Waals surface area contributed by atoms with Crippen LogP contribution in [0.3, 0.4) is 0 Å². The van der Waals surface area contributed by atoms with Crippen molar-refractivity contribution in [3.8, 4) is 0 Å². The van der Waals surface area contributed by atoms with Crippen LogP contribution in [0.2, 0.25) is 5.02 Å². The summed E-state index contributed by atoms with van der Waals surface area (Å²) in [5.74, 6) is -0.502. The number of amides is 2. The molecule has 0 saturated carbocycles. The van der Waals surface area contributed by atoms with Crippen LogP contribution >= 0.6 is 11.6 Å². The molecule has 0 saturated heterocycles. The second-order valence-electron chi connectivity index (χ2n) is 3.96. The zero-order valence-electron chi connectivity index (χ0n) is 10.8. The zero-order valence-corrected chi connectivity index (χ0v) is 11.5. The van der Waals surface area contributed by atoms with Gasteiger partial charge in [0.25, 0.3) is 0 Å². The quantitative estimate of drug-likeness (QED) is 0.783. The highest BCUT2D eigenvalue weighted by Crippen LogP contribution is 2.11. The third-order valence-corrected chi connectivity index (χ3v) is 2.51. The summed E-state index contributed by atoms with van der Waals surface area (Å²) >= 11 is 5.82. The molecule has 0 heterocycles. The molecule has 4 nitrogen and oxygen atoms in total. The van der Waals surface area contributed by atoms with Crippen LogP contribution in [-0.4, -0.2) is 24.9 Å². The van der Waals surface area contributed by atoms with Crippen LogP contribution in [0.4, 0.5) is 0 Å². The normalized spacial score (nSPS) is 10.4. The molecular weight excluding hydrogens is 264 g/mol. The largest absolute Gasteiger partial charge is 0.355 e. The molecule has 5 heteroatoms. The summed E-state index contributed by atoms with van der Waals surface area (Å²) in [6, 6.07) is 7.15. The highest BCUT2D eigenvalue weighted by Gasteiger charge is 2.01. The van der Waals surface area contributed by atoms with Gasteiger partial charge in [-0.05, 0) is 30.2 Å². The number of halogens is 1. The summed E-state index contributed by atoms with van der Waals surface area (Å²) in [6.45, 7) is 2.57. The lowest BCUT2D eigenvalue weighted by Crippen LogP contribution is -2.36. The summed E-state index contributed by atoms with van der Waals surface area (Å²) < 4.78 is 0. The molecule has 0 atom stereocenters. The van der Waals surface area contributed by atoms with Crippen molar-refractivity contribution >= 4 is 29.5 Å². The van der Waals surface area contributed by atoms with Crippen molar-refractivity contribution in [2.45, 2.75) is 13.3 Å². The van der Waals surface area contributed by atoms with Gasteiger partial charge in [-0.2, -0.15) is 0 Å². The molecule has 0 spiro atoms. The van der Waals surface area contributed by atoms with Gasteiger partial charge in [0.05, 0.1) is 6.54 Å². The monoisotopic (exact) mass is 280 g/mol. The fourth-order valence-corrected chi connectivity index (χ4v) is 1.53. The molecule has 0 aliphatic carbocycles. The Morgan fingerprint density at radius 1 is 1.32 bits per heavy atom. The van der Waals surface area contributed by atoms with Crippen molar-refractivity contribution in [3.05, 3.63) is 40.9 Å².